The monoisotopic (exact) mass is 211 g/mol. The number of hydrogen-bond acceptors (Lipinski definition) is 3. The topological polar surface area (TPSA) is 21.3 Å². The summed E-state index contributed by atoms with van der Waals surface area (Å²) in [6.45, 7) is 6.33. The second kappa shape index (κ2) is 3.65. The number of nitrogens with one attached hydrogen (secondary N) is 1. The van der Waals surface area contributed by atoms with Crippen LogP contribution in [-0.2, 0) is 11.2 Å². The van der Waals surface area contributed by atoms with E-state index in [1.165, 1.54) is 15.3 Å². The first kappa shape index (κ1) is 10.1. The average Bonchev–Trinajstić information content (AvgIpc) is 2.38. The third-order valence-corrected chi connectivity index (χ3v) is 3.99. The van der Waals surface area contributed by atoms with Gasteiger partial charge in [0.05, 0.1) is 5.60 Å². The fraction of sp³-hybridized carbons (Fsp3) is 0.636. The molecule has 0 spiro atoms. The predicted molar refractivity (Wildman–Crippen MR) is 60.1 cm³/mol. The molecule has 0 aromatic carbocycles. The molecule has 1 aliphatic rings. The summed E-state index contributed by atoms with van der Waals surface area (Å²) in [6.07, 6.45) is 1.05. The van der Waals surface area contributed by atoms with Gasteiger partial charge in [-0.2, -0.15) is 0 Å². The molecule has 1 fully saturated rings. The van der Waals surface area contributed by atoms with Crippen LogP contribution in [0.15, 0.2) is 6.07 Å². The van der Waals surface area contributed by atoms with Gasteiger partial charge in [-0.25, -0.2) is 0 Å². The molecule has 2 nitrogen and oxygen atoms in total. The minimum absolute atomic E-state index is 0.0677. The number of rotatable bonds is 3. The third-order valence-electron chi connectivity index (χ3n) is 2.98. The first-order chi connectivity index (χ1) is 6.65. The van der Waals surface area contributed by atoms with Gasteiger partial charge >= 0.3 is 0 Å². The van der Waals surface area contributed by atoms with Crippen molar-refractivity contribution < 1.29 is 4.74 Å². The van der Waals surface area contributed by atoms with E-state index in [-0.39, 0.29) is 5.60 Å². The van der Waals surface area contributed by atoms with Crippen LogP contribution in [0, 0.1) is 13.8 Å². The van der Waals surface area contributed by atoms with Crippen molar-refractivity contribution in [2.75, 3.05) is 20.2 Å². The summed E-state index contributed by atoms with van der Waals surface area (Å²) in [5, 5.41) is 3.28. The van der Waals surface area contributed by atoms with Gasteiger partial charge in [0.2, 0.25) is 0 Å². The van der Waals surface area contributed by atoms with Gasteiger partial charge in [-0.05, 0) is 25.5 Å². The van der Waals surface area contributed by atoms with Crippen molar-refractivity contribution in [3.8, 4) is 0 Å². The maximum atomic E-state index is 5.58. The molecule has 0 aliphatic carbocycles. The van der Waals surface area contributed by atoms with E-state index in [9.17, 15) is 0 Å². The van der Waals surface area contributed by atoms with Gasteiger partial charge in [0, 0.05) is 36.4 Å². The van der Waals surface area contributed by atoms with Crippen LogP contribution in [0.5, 0.6) is 0 Å². The van der Waals surface area contributed by atoms with Crippen LogP contribution in [0.1, 0.15) is 15.3 Å². The van der Waals surface area contributed by atoms with Crippen LogP contribution >= 0.6 is 11.3 Å². The van der Waals surface area contributed by atoms with Gasteiger partial charge in [-0.1, -0.05) is 0 Å². The highest BCUT2D eigenvalue weighted by molar-refractivity contribution is 7.12. The molecule has 1 saturated heterocycles. The molecular weight excluding hydrogens is 194 g/mol. The molecule has 3 heteroatoms. The highest BCUT2D eigenvalue weighted by Gasteiger charge is 2.37. The lowest BCUT2D eigenvalue weighted by Crippen LogP contribution is -2.61. The van der Waals surface area contributed by atoms with Gasteiger partial charge in [-0.3, -0.25) is 0 Å². The van der Waals surface area contributed by atoms with Crippen LogP contribution in [-0.4, -0.2) is 25.8 Å². The van der Waals surface area contributed by atoms with E-state index in [1.807, 2.05) is 18.4 Å². The van der Waals surface area contributed by atoms with Gasteiger partial charge in [0.15, 0.2) is 0 Å². The second-order valence-corrected chi connectivity index (χ2v) is 5.57. The average molecular weight is 211 g/mol. The van der Waals surface area contributed by atoms with Crippen molar-refractivity contribution in [2.24, 2.45) is 0 Å². The number of aryl methyl sites for hydroxylation is 2. The lowest BCUT2D eigenvalue weighted by Gasteiger charge is -2.41. The third kappa shape index (κ3) is 1.72. The van der Waals surface area contributed by atoms with E-state index in [1.54, 1.807) is 0 Å². The maximum Gasteiger partial charge on any atom is 0.0966 e. The van der Waals surface area contributed by atoms with Gasteiger partial charge in [0.25, 0.3) is 0 Å². The Balaban J connectivity index is 2.13. The zero-order chi connectivity index (χ0) is 10.2. The molecule has 0 atom stereocenters. The van der Waals surface area contributed by atoms with E-state index >= 15 is 0 Å². The van der Waals surface area contributed by atoms with Crippen molar-refractivity contribution in [3.63, 3.8) is 0 Å². The van der Waals surface area contributed by atoms with Crippen LogP contribution in [0.3, 0.4) is 0 Å². The molecule has 2 heterocycles. The molecule has 78 valence electrons. The van der Waals surface area contributed by atoms with E-state index in [4.69, 9.17) is 4.74 Å². The summed E-state index contributed by atoms with van der Waals surface area (Å²) in [4.78, 5) is 2.84. The van der Waals surface area contributed by atoms with Crippen LogP contribution in [0.2, 0.25) is 0 Å². The minimum atomic E-state index is 0.0677. The Kier molecular flexibility index (Phi) is 2.64. The zero-order valence-corrected chi connectivity index (χ0v) is 9.83. The van der Waals surface area contributed by atoms with Crippen LogP contribution < -0.4 is 5.32 Å². The molecule has 0 bridgehead atoms. The molecule has 0 saturated carbocycles. The first-order valence-electron chi connectivity index (χ1n) is 4.97. The quantitative estimate of drug-likeness (QED) is 0.824. The highest BCUT2D eigenvalue weighted by Crippen LogP contribution is 2.28. The zero-order valence-electron chi connectivity index (χ0n) is 9.02. The van der Waals surface area contributed by atoms with Gasteiger partial charge < -0.3 is 10.1 Å². The smallest absolute Gasteiger partial charge is 0.0966 e. The Morgan fingerprint density at radius 2 is 2.21 bits per heavy atom. The van der Waals surface area contributed by atoms with Crippen molar-refractivity contribution in [3.05, 3.63) is 21.4 Å². The van der Waals surface area contributed by atoms with E-state index in [0.717, 1.165) is 19.5 Å². The summed E-state index contributed by atoms with van der Waals surface area (Å²) < 4.78 is 5.58. The molecule has 0 radical (unpaired) electrons. The van der Waals surface area contributed by atoms with E-state index in [2.05, 4.69) is 25.2 Å². The molecule has 1 aromatic rings. The number of hydrogen-bond donors (Lipinski definition) is 1. The van der Waals surface area contributed by atoms with Crippen LogP contribution in [0.25, 0.3) is 0 Å². The van der Waals surface area contributed by atoms with Crippen molar-refractivity contribution in [2.45, 2.75) is 25.9 Å². The number of methoxy groups -OCH3 is 1. The van der Waals surface area contributed by atoms with Crippen molar-refractivity contribution in [1.29, 1.82) is 0 Å². The maximum absolute atomic E-state index is 5.58. The van der Waals surface area contributed by atoms with Gasteiger partial charge in [0.1, 0.15) is 0 Å². The molecule has 0 amide bonds. The van der Waals surface area contributed by atoms with E-state index < -0.39 is 0 Å². The molecule has 1 aliphatic heterocycles. The molecule has 1 aromatic heterocycles. The Labute approximate surface area is 89.3 Å². The second-order valence-electron chi connectivity index (χ2n) is 4.11. The summed E-state index contributed by atoms with van der Waals surface area (Å²) >= 11 is 1.88. The predicted octanol–water partition coefficient (Wildman–Crippen LogP) is 1.90. The van der Waals surface area contributed by atoms with Crippen molar-refractivity contribution in [1.82, 2.24) is 5.32 Å². The summed E-state index contributed by atoms with van der Waals surface area (Å²) in [5.74, 6) is 0. The summed E-state index contributed by atoms with van der Waals surface area (Å²) in [6, 6.07) is 2.29. The minimum Gasteiger partial charge on any atom is -0.375 e. The molecule has 0 unspecified atom stereocenters. The first-order valence-corrected chi connectivity index (χ1v) is 5.79. The fourth-order valence-electron chi connectivity index (χ4n) is 1.95. The molecule has 14 heavy (non-hydrogen) atoms. The largest absolute Gasteiger partial charge is 0.375 e. The number of thiophene rings is 1. The van der Waals surface area contributed by atoms with Crippen molar-refractivity contribution >= 4 is 11.3 Å². The molecule has 2 rings (SSSR count). The molecule has 1 N–H and O–H groups in total. The number of ether oxygens (including phenoxy) is 1. The Morgan fingerprint density at radius 1 is 1.50 bits per heavy atom. The van der Waals surface area contributed by atoms with Crippen LogP contribution in [0.4, 0.5) is 0 Å². The molecular formula is C11H17NOS. The Bertz CT molecular complexity index is 323. The normalized spacial score (nSPS) is 19.4. The Hall–Kier alpha value is -0.380. The van der Waals surface area contributed by atoms with E-state index in [0.29, 0.717) is 0 Å². The summed E-state index contributed by atoms with van der Waals surface area (Å²) in [7, 11) is 1.81. The summed E-state index contributed by atoms with van der Waals surface area (Å²) in [5.41, 5.74) is 1.52. The fourth-order valence-corrected chi connectivity index (χ4v) is 2.90. The lowest BCUT2D eigenvalue weighted by atomic mass is 9.89. The standard InChI is InChI=1S/C11H17NOS/c1-8-4-10(9(2)14-8)5-11(13-3)6-12-7-11/h4,12H,5-7H2,1-3H3. The van der Waals surface area contributed by atoms with Gasteiger partial charge in [-0.15, -0.1) is 11.3 Å². The lowest BCUT2D eigenvalue weighted by molar-refractivity contribution is -0.0502. The SMILES string of the molecule is COC1(Cc2cc(C)sc2C)CNC1. The Morgan fingerprint density at radius 3 is 2.57 bits per heavy atom. The highest BCUT2D eigenvalue weighted by atomic mass is 32.1.